The molecule has 0 aliphatic heterocycles. The minimum absolute atomic E-state index is 0.145. The van der Waals surface area contributed by atoms with Crippen molar-refractivity contribution < 1.29 is 13.2 Å². The number of amides is 1. The van der Waals surface area contributed by atoms with E-state index in [1.165, 1.54) is 28.6 Å². The third-order valence-electron chi connectivity index (χ3n) is 4.68. The number of sulfonamides is 1. The number of nitrogens with zero attached hydrogens (tertiary/aromatic N) is 1. The Hall–Kier alpha value is -3.12. The molecule has 0 unspecified atom stereocenters. The Balaban J connectivity index is 1.83. The highest BCUT2D eigenvalue weighted by molar-refractivity contribution is 7.92. The number of carbonyl (C=O) groups is 1. The van der Waals surface area contributed by atoms with Crippen molar-refractivity contribution in [1.29, 1.82) is 0 Å². The number of carbonyl (C=O) groups excluding carboxylic acids is 1. The summed E-state index contributed by atoms with van der Waals surface area (Å²) in [5, 5.41) is 2.89. The summed E-state index contributed by atoms with van der Waals surface area (Å²) in [5.41, 5.74) is 3.75. The Morgan fingerprint density at radius 3 is 2.21 bits per heavy atom. The minimum atomic E-state index is -3.72. The lowest BCUT2D eigenvalue weighted by Gasteiger charge is -2.23. The molecule has 150 valence electrons. The molecule has 0 radical (unpaired) electrons. The van der Waals surface area contributed by atoms with E-state index in [0.29, 0.717) is 17.8 Å². The maximum atomic E-state index is 13.0. The minimum Gasteiger partial charge on any atom is -0.322 e. The molecule has 0 saturated heterocycles. The van der Waals surface area contributed by atoms with Gasteiger partial charge >= 0.3 is 0 Å². The third kappa shape index (κ3) is 4.49. The normalized spacial score (nSPS) is 11.1. The second kappa shape index (κ2) is 8.49. The second-order valence-corrected chi connectivity index (χ2v) is 8.66. The molecule has 5 nitrogen and oxygen atoms in total. The number of hydrogen-bond donors (Lipinski definition) is 1. The Morgan fingerprint density at radius 2 is 1.59 bits per heavy atom. The Morgan fingerprint density at radius 1 is 0.931 bits per heavy atom. The second-order valence-electron chi connectivity index (χ2n) is 6.80. The molecule has 0 atom stereocenters. The molecule has 3 aromatic carbocycles. The van der Waals surface area contributed by atoms with Crippen LogP contribution in [0.15, 0.2) is 77.7 Å². The van der Waals surface area contributed by atoms with Crippen LogP contribution < -0.4 is 9.62 Å². The maximum Gasteiger partial charge on any atom is 0.264 e. The first-order valence-electron chi connectivity index (χ1n) is 9.39. The molecule has 3 aromatic rings. The smallest absolute Gasteiger partial charge is 0.264 e. The molecule has 0 saturated carbocycles. The SMILES string of the molecule is CCN(c1ccccc1)S(=O)(=O)c1ccc(C(=O)Nc2cc(C)ccc2C)cc1. The molecular weight excluding hydrogens is 384 g/mol. The average Bonchev–Trinajstić information content (AvgIpc) is 2.72. The van der Waals surface area contributed by atoms with E-state index < -0.39 is 10.0 Å². The molecule has 3 rings (SSSR count). The lowest BCUT2D eigenvalue weighted by atomic mass is 10.1. The fourth-order valence-corrected chi connectivity index (χ4v) is 4.53. The fraction of sp³-hybridized carbons (Fsp3) is 0.174. The summed E-state index contributed by atoms with van der Waals surface area (Å²) >= 11 is 0. The summed E-state index contributed by atoms with van der Waals surface area (Å²) in [4.78, 5) is 12.7. The highest BCUT2D eigenvalue weighted by Gasteiger charge is 2.23. The number of anilines is 2. The number of para-hydroxylation sites is 1. The molecule has 0 bridgehead atoms. The van der Waals surface area contributed by atoms with Crippen molar-refractivity contribution in [2.24, 2.45) is 0 Å². The van der Waals surface area contributed by atoms with E-state index in [2.05, 4.69) is 5.32 Å². The van der Waals surface area contributed by atoms with E-state index in [4.69, 9.17) is 0 Å². The standard InChI is InChI=1S/C23H24N2O3S/c1-4-25(20-8-6-5-7-9-20)29(27,28)21-14-12-19(13-15-21)23(26)24-22-16-17(2)10-11-18(22)3/h5-16H,4H2,1-3H3,(H,24,26). The summed E-state index contributed by atoms with van der Waals surface area (Å²) in [6, 6.07) is 20.8. The first kappa shape index (κ1) is 20.6. The van der Waals surface area contributed by atoms with Crippen molar-refractivity contribution >= 4 is 27.3 Å². The summed E-state index contributed by atoms with van der Waals surface area (Å²) in [7, 11) is -3.72. The van der Waals surface area contributed by atoms with E-state index in [1.807, 2.05) is 38.1 Å². The van der Waals surface area contributed by atoms with Gasteiger partial charge in [-0.25, -0.2) is 8.42 Å². The van der Waals surface area contributed by atoms with Crippen LogP contribution in [0.2, 0.25) is 0 Å². The van der Waals surface area contributed by atoms with Crippen LogP contribution in [-0.4, -0.2) is 20.9 Å². The van der Waals surface area contributed by atoms with Crippen LogP contribution in [0.1, 0.15) is 28.4 Å². The molecule has 0 aromatic heterocycles. The Labute approximate surface area is 172 Å². The lowest BCUT2D eigenvalue weighted by Crippen LogP contribution is -2.30. The van der Waals surface area contributed by atoms with Crippen LogP contribution in [0, 0.1) is 13.8 Å². The molecule has 1 amide bonds. The number of hydrogen-bond acceptors (Lipinski definition) is 3. The zero-order chi connectivity index (χ0) is 21.0. The van der Waals surface area contributed by atoms with E-state index in [-0.39, 0.29) is 10.8 Å². The maximum absolute atomic E-state index is 13.0. The summed E-state index contributed by atoms with van der Waals surface area (Å²) in [5.74, 6) is -0.280. The molecule has 0 heterocycles. The number of nitrogens with one attached hydrogen (secondary N) is 1. The van der Waals surface area contributed by atoms with Gasteiger partial charge in [0.1, 0.15) is 0 Å². The van der Waals surface area contributed by atoms with Gasteiger partial charge < -0.3 is 5.32 Å². The first-order chi connectivity index (χ1) is 13.8. The van der Waals surface area contributed by atoms with Crippen molar-refractivity contribution in [2.75, 3.05) is 16.2 Å². The molecule has 6 heteroatoms. The third-order valence-corrected chi connectivity index (χ3v) is 6.59. The topological polar surface area (TPSA) is 66.5 Å². The van der Waals surface area contributed by atoms with Gasteiger partial charge in [0.05, 0.1) is 10.6 Å². The van der Waals surface area contributed by atoms with E-state index in [1.54, 1.807) is 31.2 Å². The van der Waals surface area contributed by atoms with Crippen LogP contribution in [0.4, 0.5) is 11.4 Å². The molecule has 0 aliphatic carbocycles. The van der Waals surface area contributed by atoms with Crippen LogP contribution in [0.5, 0.6) is 0 Å². The molecule has 0 aliphatic rings. The van der Waals surface area contributed by atoms with E-state index >= 15 is 0 Å². The highest BCUT2D eigenvalue weighted by Crippen LogP contribution is 2.24. The van der Waals surface area contributed by atoms with Gasteiger partial charge in [0.2, 0.25) is 0 Å². The lowest BCUT2D eigenvalue weighted by molar-refractivity contribution is 0.102. The van der Waals surface area contributed by atoms with Crippen molar-refractivity contribution in [3.63, 3.8) is 0 Å². The van der Waals surface area contributed by atoms with E-state index in [0.717, 1.165) is 16.8 Å². The molecule has 1 N–H and O–H groups in total. The van der Waals surface area contributed by atoms with Gasteiger partial charge in [-0.1, -0.05) is 30.3 Å². The molecule has 0 spiro atoms. The summed E-state index contributed by atoms with van der Waals surface area (Å²) in [6.07, 6.45) is 0. The zero-order valence-electron chi connectivity index (χ0n) is 16.7. The molecule has 29 heavy (non-hydrogen) atoms. The van der Waals surface area contributed by atoms with Crippen LogP contribution in [0.3, 0.4) is 0 Å². The molecule has 0 fully saturated rings. The van der Waals surface area contributed by atoms with Crippen molar-refractivity contribution in [3.05, 3.63) is 89.5 Å². The van der Waals surface area contributed by atoms with Gasteiger partial charge in [-0.3, -0.25) is 9.10 Å². The van der Waals surface area contributed by atoms with Crippen LogP contribution >= 0.6 is 0 Å². The van der Waals surface area contributed by atoms with Crippen LogP contribution in [0.25, 0.3) is 0 Å². The van der Waals surface area contributed by atoms with Crippen molar-refractivity contribution in [2.45, 2.75) is 25.7 Å². The van der Waals surface area contributed by atoms with Gasteiger partial charge in [-0.15, -0.1) is 0 Å². The number of rotatable bonds is 6. The van der Waals surface area contributed by atoms with E-state index in [9.17, 15) is 13.2 Å². The number of benzene rings is 3. The molecular formula is C23H24N2O3S. The summed E-state index contributed by atoms with van der Waals surface area (Å²) in [6.45, 7) is 5.98. The van der Waals surface area contributed by atoms with Gasteiger partial charge in [0.25, 0.3) is 15.9 Å². The highest BCUT2D eigenvalue weighted by atomic mass is 32.2. The Bertz CT molecular complexity index is 1110. The van der Waals surface area contributed by atoms with Crippen molar-refractivity contribution in [1.82, 2.24) is 0 Å². The average molecular weight is 409 g/mol. The quantitative estimate of drug-likeness (QED) is 0.639. The van der Waals surface area contributed by atoms with Gasteiger partial charge in [-0.2, -0.15) is 0 Å². The predicted molar refractivity (Wildman–Crippen MR) is 117 cm³/mol. The van der Waals surface area contributed by atoms with Gasteiger partial charge in [-0.05, 0) is 74.4 Å². The largest absolute Gasteiger partial charge is 0.322 e. The summed E-state index contributed by atoms with van der Waals surface area (Å²) < 4.78 is 27.4. The van der Waals surface area contributed by atoms with Gasteiger partial charge in [0, 0.05) is 17.8 Å². The first-order valence-corrected chi connectivity index (χ1v) is 10.8. The fourth-order valence-electron chi connectivity index (χ4n) is 3.06. The number of aryl methyl sites for hydroxylation is 2. The van der Waals surface area contributed by atoms with Crippen molar-refractivity contribution in [3.8, 4) is 0 Å². The van der Waals surface area contributed by atoms with Gasteiger partial charge in [0.15, 0.2) is 0 Å². The Kier molecular flexibility index (Phi) is 6.03. The predicted octanol–water partition coefficient (Wildman–Crippen LogP) is 4.77. The monoisotopic (exact) mass is 408 g/mol. The zero-order valence-corrected chi connectivity index (χ0v) is 17.5. The van der Waals surface area contributed by atoms with Crippen LogP contribution in [-0.2, 0) is 10.0 Å².